The van der Waals surface area contributed by atoms with Gasteiger partial charge in [0.15, 0.2) is 5.75 Å². The zero-order valence-corrected chi connectivity index (χ0v) is 36.0. The van der Waals surface area contributed by atoms with Gasteiger partial charge in [0.05, 0.1) is 24.3 Å². The van der Waals surface area contributed by atoms with Gasteiger partial charge in [-0.25, -0.2) is 9.59 Å². The number of hydrogen-bond acceptors (Lipinski definition) is 9. The van der Waals surface area contributed by atoms with Gasteiger partial charge in [-0.2, -0.15) is 0 Å². The minimum atomic E-state index is -0.907. The Kier molecular flexibility index (Phi) is 13.2. The number of benzene rings is 7. The van der Waals surface area contributed by atoms with Crippen LogP contribution in [0.25, 0.3) is 22.3 Å². The second-order valence-corrected chi connectivity index (χ2v) is 15.7. The van der Waals surface area contributed by atoms with E-state index in [9.17, 15) is 9.59 Å². The first-order valence-corrected chi connectivity index (χ1v) is 21.1. The average Bonchev–Trinajstić information content (AvgIpc) is 3.31. The van der Waals surface area contributed by atoms with Crippen LogP contribution in [0.15, 0.2) is 158 Å². The summed E-state index contributed by atoms with van der Waals surface area (Å²) < 4.78 is 38.4. The Labute approximate surface area is 375 Å². The number of methoxy groups -OCH3 is 2. The van der Waals surface area contributed by atoms with Gasteiger partial charge >= 0.3 is 12.3 Å². The molecular weight excluding hydrogens is 839 g/mol. The summed E-state index contributed by atoms with van der Waals surface area (Å²) in [5.41, 5.74) is 5.69. The van der Waals surface area contributed by atoms with Gasteiger partial charge in [0.25, 0.3) is 0 Å². The Morgan fingerprint density at radius 1 is 0.444 bits per heavy atom. The van der Waals surface area contributed by atoms with Gasteiger partial charge in [-0.05, 0) is 131 Å². The van der Waals surface area contributed by atoms with Gasteiger partial charge in [-0.15, -0.1) is 0 Å². The monoisotopic (exact) mass is 880 g/mol. The molecule has 0 bridgehead atoms. The van der Waals surface area contributed by atoms with Gasteiger partial charge in [0.1, 0.15) is 40.2 Å². The van der Waals surface area contributed by atoms with Gasteiger partial charge in [-0.3, -0.25) is 0 Å². The summed E-state index contributed by atoms with van der Waals surface area (Å²) in [4.78, 5) is 24.5. The maximum Gasteiger partial charge on any atom is 0.519 e. The molecule has 7 aromatic carbocycles. The summed E-state index contributed by atoms with van der Waals surface area (Å²) in [5.74, 6) is 4.10. The molecule has 63 heavy (non-hydrogen) atoms. The molecule has 1 aliphatic rings. The maximum atomic E-state index is 12.9. The Morgan fingerprint density at radius 3 is 1.35 bits per heavy atom. The van der Waals surface area contributed by atoms with Crippen LogP contribution in [0, 0.1) is 0 Å². The van der Waals surface area contributed by atoms with Crippen molar-refractivity contribution in [3.8, 4) is 68.2 Å². The van der Waals surface area contributed by atoms with E-state index in [0.29, 0.717) is 45.3 Å². The van der Waals surface area contributed by atoms with Crippen molar-refractivity contribution in [1.29, 1.82) is 0 Å². The molecule has 1 saturated carbocycles. The lowest BCUT2D eigenvalue weighted by atomic mass is 9.65. The minimum absolute atomic E-state index is 0.169. The van der Waals surface area contributed by atoms with Crippen LogP contribution in [-0.4, -0.2) is 26.5 Å². The zero-order chi connectivity index (χ0) is 43.8. The van der Waals surface area contributed by atoms with E-state index >= 15 is 0 Å². The molecular formula is C52H42Cl2O9. The number of carbonyl (C=O) groups is 2. The van der Waals surface area contributed by atoms with E-state index in [4.69, 9.17) is 51.6 Å². The predicted octanol–water partition coefficient (Wildman–Crippen LogP) is 14.9. The topological polar surface area (TPSA) is 98.8 Å². The van der Waals surface area contributed by atoms with Crippen molar-refractivity contribution in [3.05, 3.63) is 179 Å². The minimum Gasteiger partial charge on any atom is -0.495 e. The highest BCUT2D eigenvalue weighted by molar-refractivity contribution is 6.32. The Bertz CT molecular complexity index is 2690. The molecule has 0 atom stereocenters. The number of hydrogen-bond donors (Lipinski definition) is 0. The highest BCUT2D eigenvalue weighted by Crippen LogP contribution is 2.46. The van der Waals surface area contributed by atoms with Crippen LogP contribution in [0.2, 0.25) is 10.0 Å². The van der Waals surface area contributed by atoms with Crippen molar-refractivity contribution < 1.29 is 42.7 Å². The highest BCUT2D eigenvalue weighted by atomic mass is 35.5. The smallest absolute Gasteiger partial charge is 0.495 e. The number of carbonyl (C=O) groups excluding carboxylic acids is 2. The van der Waals surface area contributed by atoms with Crippen molar-refractivity contribution in [3.63, 3.8) is 0 Å². The molecule has 0 unspecified atom stereocenters. The number of halogens is 2. The van der Waals surface area contributed by atoms with Crippen molar-refractivity contribution >= 4 is 35.5 Å². The van der Waals surface area contributed by atoms with Crippen LogP contribution in [0.1, 0.15) is 43.2 Å². The van der Waals surface area contributed by atoms with Gasteiger partial charge in [0, 0.05) is 11.5 Å². The van der Waals surface area contributed by atoms with E-state index in [2.05, 4.69) is 4.74 Å². The van der Waals surface area contributed by atoms with E-state index < -0.39 is 12.3 Å². The van der Waals surface area contributed by atoms with Crippen molar-refractivity contribution in [2.45, 2.75) is 37.5 Å². The summed E-state index contributed by atoms with van der Waals surface area (Å²) in [6.45, 7) is 0. The molecule has 0 heterocycles. The average molecular weight is 882 g/mol. The Morgan fingerprint density at radius 2 is 0.889 bits per heavy atom. The van der Waals surface area contributed by atoms with Gasteiger partial charge in [0.2, 0.25) is 0 Å². The van der Waals surface area contributed by atoms with E-state index in [-0.39, 0.29) is 16.2 Å². The van der Waals surface area contributed by atoms with Crippen molar-refractivity contribution in [2.75, 3.05) is 14.2 Å². The summed E-state index contributed by atoms with van der Waals surface area (Å²) in [6.07, 6.45) is 3.59. The van der Waals surface area contributed by atoms with E-state index in [1.165, 1.54) is 13.5 Å². The summed E-state index contributed by atoms with van der Waals surface area (Å²) in [7, 11) is 2.86. The van der Waals surface area contributed by atoms with Crippen LogP contribution in [0.4, 0.5) is 9.59 Å². The molecule has 0 aromatic heterocycles. The quantitative estimate of drug-likeness (QED) is 0.0877. The standard InChI is InChI=1S/C52H42Cl2O9/c1-57-48-27-13-36(31-46(48)53)34-9-19-40(20-10-34)59-44-7-6-8-45(33-44)60-41-21-11-35(12-22-41)37-14-28-49(47(54)32-37)63-51(56)62-43-25-17-39(18-26-43)52(29-4-3-5-30-52)38-15-23-42(24-16-38)61-50(55)58-2/h6-28,31-33H,3-5,29-30H2,1-2H3. The molecule has 0 radical (unpaired) electrons. The fourth-order valence-corrected chi connectivity index (χ4v) is 8.32. The van der Waals surface area contributed by atoms with Crippen molar-refractivity contribution in [2.24, 2.45) is 0 Å². The largest absolute Gasteiger partial charge is 0.519 e. The molecule has 11 heteroatoms. The van der Waals surface area contributed by atoms with E-state index in [0.717, 1.165) is 59.1 Å². The van der Waals surface area contributed by atoms with Crippen LogP contribution < -0.4 is 28.4 Å². The van der Waals surface area contributed by atoms with Crippen LogP contribution in [0.3, 0.4) is 0 Å². The predicted molar refractivity (Wildman–Crippen MR) is 243 cm³/mol. The van der Waals surface area contributed by atoms with Gasteiger partial charge < -0.3 is 33.2 Å². The van der Waals surface area contributed by atoms with E-state index in [1.807, 2.05) is 121 Å². The fraction of sp³-hybridized carbons (Fsp3) is 0.154. The second-order valence-electron chi connectivity index (χ2n) is 14.9. The number of rotatable bonds is 12. The molecule has 0 aliphatic heterocycles. The highest BCUT2D eigenvalue weighted by Gasteiger charge is 2.36. The second kappa shape index (κ2) is 19.4. The van der Waals surface area contributed by atoms with E-state index in [1.54, 1.807) is 43.5 Å². The maximum absolute atomic E-state index is 12.9. The van der Waals surface area contributed by atoms with Crippen LogP contribution >= 0.6 is 23.2 Å². The molecule has 0 N–H and O–H groups in total. The third-order valence-corrected chi connectivity index (χ3v) is 11.6. The first-order chi connectivity index (χ1) is 30.7. The molecule has 8 rings (SSSR count). The third-order valence-electron chi connectivity index (χ3n) is 11.0. The van der Waals surface area contributed by atoms with Gasteiger partial charge in [-0.1, -0.05) is 109 Å². The lowest BCUT2D eigenvalue weighted by Crippen LogP contribution is -2.30. The normalized spacial score (nSPS) is 13.0. The molecule has 0 spiro atoms. The fourth-order valence-electron chi connectivity index (χ4n) is 7.84. The SMILES string of the molecule is COC(=O)Oc1ccc(C2(c3ccc(OC(=O)Oc4ccc(-c5ccc(Oc6cccc(Oc7ccc(-c8ccc(OC)c(Cl)c8)cc7)c6)cc5)cc4Cl)cc3)CCCCC2)cc1. The zero-order valence-electron chi connectivity index (χ0n) is 34.5. The van der Waals surface area contributed by atoms with Crippen molar-refractivity contribution in [1.82, 2.24) is 0 Å². The third kappa shape index (κ3) is 10.2. The molecule has 7 aromatic rings. The summed E-state index contributed by atoms with van der Waals surface area (Å²) in [6, 6.07) is 48.6. The lowest BCUT2D eigenvalue weighted by molar-refractivity contribution is 0.121. The first kappa shape index (κ1) is 42.7. The summed E-state index contributed by atoms with van der Waals surface area (Å²) in [5, 5.41) is 0.798. The molecule has 0 saturated heterocycles. The molecule has 1 aliphatic carbocycles. The lowest BCUT2D eigenvalue weighted by Gasteiger charge is -2.38. The molecule has 1 fully saturated rings. The first-order valence-electron chi connectivity index (χ1n) is 20.3. The molecule has 318 valence electrons. The van der Waals surface area contributed by atoms with Crippen LogP contribution in [-0.2, 0) is 10.2 Å². The Hall–Kier alpha value is -6.94. The molecule has 0 amide bonds. The number of ether oxygens (including phenoxy) is 7. The van der Waals surface area contributed by atoms with Crippen LogP contribution in [0.5, 0.6) is 46.0 Å². The summed E-state index contributed by atoms with van der Waals surface area (Å²) >= 11 is 12.9. The molecule has 9 nitrogen and oxygen atoms in total. The Balaban J connectivity index is 0.856.